The predicted molar refractivity (Wildman–Crippen MR) is 56.4 cm³/mol. The second-order valence-electron chi connectivity index (χ2n) is 3.44. The minimum Gasteiger partial charge on any atom is -0.466 e. The Hall–Kier alpha value is -1.56. The average Bonchev–Trinajstić information content (AvgIpc) is 2.31. The molecule has 3 atom stereocenters. The van der Waals surface area contributed by atoms with Crippen LogP contribution >= 0.6 is 0 Å². The molecule has 0 heterocycles. The van der Waals surface area contributed by atoms with E-state index < -0.39 is 24.2 Å². The Kier molecular flexibility index (Phi) is 4.30. The molecule has 0 spiro atoms. The van der Waals surface area contributed by atoms with Crippen LogP contribution in [0.25, 0.3) is 10.4 Å². The van der Waals surface area contributed by atoms with Gasteiger partial charge in [0.2, 0.25) is 0 Å². The summed E-state index contributed by atoms with van der Waals surface area (Å²) in [5.74, 6) is -0.452. The monoisotopic (exact) mass is 226 g/mol. The molecule has 2 N–H and O–H groups in total. The zero-order chi connectivity index (χ0) is 12.1. The van der Waals surface area contributed by atoms with Crippen molar-refractivity contribution in [2.75, 3.05) is 14.2 Å². The fourth-order valence-corrected chi connectivity index (χ4v) is 1.65. The third-order valence-corrected chi connectivity index (χ3v) is 2.54. The van der Waals surface area contributed by atoms with Crippen molar-refractivity contribution in [3.8, 4) is 0 Å². The summed E-state index contributed by atoms with van der Waals surface area (Å²) < 4.78 is 9.72. The van der Waals surface area contributed by atoms with Crippen molar-refractivity contribution >= 4 is 5.97 Å². The Morgan fingerprint density at radius 2 is 2.38 bits per heavy atom. The maximum atomic E-state index is 11.4. The van der Waals surface area contributed by atoms with E-state index in [9.17, 15) is 4.79 Å². The molecule has 0 amide bonds. The molecule has 1 aliphatic rings. The summed E-state index contributed by atoms with van der Waals surface area (Å²) in [6.45, 7) is 0. The second-order valence-corrected chi connectivity index (χ2v) is 3.44. The first-order valence-electron chi connectivity index (χ1n) is 4.75. The summed E-state index contributed by atoms with van der Waals surface area (Å²) in [4.78, 5) is 14.1. The third kappa shape index (κ3) is 2.52. The van der Waals surface area contributed by atoms with Gasteiger partial charge in [0.25, 0.3) is 0 Å². The van der Waals surface area contributed by atoms with Crippen molar-refractivity contribution in [1.82, 2.24) is 0 Å². The van der Waals surface area contributed by atoms with Gasteiger partial charge < -0.3 is 15.2 Å². The SMILES string of the molecule is COC(=O)C1=CC(OC)C(N)C(N=[N+]=[N-])C1. The zero-order valence-corrected chi connectivity index (χ0v) is 9.16. The maximum Gasteiger partial charge on any atom is 0.333 e. The van der Waals surface area contributed by atoms with Crippen LogP contribution in [0.1, 0.15) is 6.42 Å². The number of ether oxygens (including phenoxy) is 2. The lowest BCUT2D eigenvalue weighted by atomic mass is 9.89. The molecule has 0 bridgehead atoms. The number of rotatable bonds is 3. The van der Waals surface area contributed by atoms with Gasteiger partial charge in [-0.15, -0.1) is 0 Å². The van der Waals surface area contributed by atoms with Crippen LogP contribution in [0.3, 0.4) is 0 Å². The van der Waals surface area contributed by atoms with E-state index in [1.807, 2.05) is 0 Å². The highest BCUT2D eigenvalue weighted by atomic mass is 16.5. The van der Waals surface area contributed by atoms with E-state index in [0.717, 1.165) is 0 Å². The third-order valence-electron chi connectivity index (χ3n) is 2.54. The van der Waals surface area contributed by atoms with Crippen molar-refractivity contribution < 1.29 is 14.3 Å². The predicted octanol–water partition coefficient (Wildman–Crippen LogP) is 0.511. The van der Waals surface area contributed by atoms with Gasteiger partial charge in [0.05, 0.1) is 19.3 Å². The van der Waals surface area contributed by atoms with E-state index >= 15 is 0 Å². The normalized spacial score (nSPS) is 28.9. The first-order chi connectivity index (χ1) is 7.63. The largest absolute Gasteiger partial charge is 0.466 e. The molecule has 0 aromatic rings. The minimum absolute atomic E-state index is 0.276. The molecule has 0 aromatic heterocycles. The van der Waals surface area contributed by atoms with Crippen LogP contribution in [-0.4, -0.2) is 38.4 Å². The van der Waals surface area contributed by atoms with Gasteiger partial charge in [-0.25, -0.2) is 4.79 Å². The number of carbonyl (C=O) groups excluding carboxylic acids is 1. The highest BCUT2D eigenvalue weighted by Gasteiger charge is 2.32. The molecule has 0 aromatic carbocycles. The molecule has 0 radical (unpaired) electrons. The molecule has 16 heavy (non-hydrogen) atoms. The summed E-state index contributed by atoms with van der Waals surface area (Å²) >= 11 is 0. The first-order valence-corrected chi connectivity index (χ1v) is 4.75. The van der Waals surface area contributed by atoms with E-state index in [-0.39, 0.29) is 6.42 Å². The van der Waals surface area contributed by atoms with Gasteiger partial charge in [-0.2, -0.15) is 0 Å². The molecule has 0 fully saturated rings. The highest BCUT2D eigenvalue weighted by molar-refractivity contribution is 5.88. The quantitative estimate of drug-likeness (QED) is 0.327. The number of nitrogens with zero attached hydrogens (tertiary/aromatic N) is 3. The van der Waals surface area contributed by atoms with Crippen LogP contribution in [0.15, 0.2) is 16.8 Å². The van der Waals surface area contributed by atoms with Gasteiger partial charge in [-0.05, 0) is 18.0 Å². The van der Waals surface area contributed by atoms with Crippen molar-refractivity contribution in [1.29, 1.82) is 0 Å². The lowest BCUT2D eigenvalue weighted by Gasteiger charge is -2.30. The van der Waals surface area contributed by atoms with Crippen LogP contribution in [-0.2, 0) is 14.3 Å². The van der Waals surface area contributed by atoms with E-state index in [1.165, 1.54) is 14.2 Å². The van der Waals surface area contributed by atoms with Crippen LogP contribution in [0.5, 0.6) is 0 Å². The molecule has 1 rings (SSSR count). The Morgan fingerprint density at radius 1 is 1.69 bits per heavy atom. The number of hydrogen-bond donors (Lipinski definition) is 1. The molecule has 1 aliphatic carbocycles. The average molecular weight is 226 g/mol. The lowest BCUT2D eigenvalue weighted by molar-refractivity contribution is -0.136. The molecule has 7 nitrogen and oxygen atoms in total. The Bertz CT molecular complexity index is 349. The standard InChI is InChI=1S/C9H14N4O3/c1-15-7-4-5(9(14)16-2)3-6(8(7)10)12-13-11/h4,6-8H,3,10H2,1-2H3. The smallest absolute Gasteiger partial charge is 0.333 e. The molecular formula is C9H14N4O3. The number of hydrogen-bond acceptors (Lipinski definition) is 5. The Labute approximate surface area is 92.8 Å². The molecule has 88 valence electrons. The molecule has 0 aliphatic heterocycles. The molecule has 7 heteroatoms. The lowest BCUT2D eigenvalue weighted by Crippen LogP contribution is -2.47. The number of azide groups is 1. The first kappa shape index (κ1) is 12.5. The molecule has 0 saturated carbocycles. The number of methoxy groups -OCH3 is 2. The topological polar surface area (TPSA) is 110 Å². The molecule has 0 saturated heterocycles. The van der Waals surface area contributed by atoms with Gasteiger partial charge in [0, 0.05) is 23.6 Å². The van der Waals surface area contributed by atoms with Crippen molar-refractivity contribution in [3.63, 3.8) is 0 Å². The summed E-state index contributed by atoms with van der Waals surface area (Å²) in [6.07, 6.45) is 1.44. The summed E-state index contributed by atoms with van der Waals surface area (Å²) in [7, 11) is 2.77. The van der Waals surface area contributed by atoms with Gasteiger partial charge in [0.1, 0.15) is 0 Å². The number of nitrogens with two attached hydrogens (primary N) is 1. The van der Waals surface area contributed by atoms with E-state index in [1.54, 1.807) is 6.08 Å². The zero-order valence-electron chi connectivity index (χ0n) is 9.16. The molecule has 3 unspecified atom stereocenters. The van der Waals surface area contributed by atoms with Crippen LogP contribution < -0.4 is 5.73 Å². The van der Waals surface area contributed by atoms with Crippen LogP contribution in [0, 0.1) is 0 Å². The summed E-state index contributed by atoms with van der Waals surface area (Å²) in [5.41, 5.74) is 14.7. The summed E-state index contributed by atoms with van der Waals surface area (Å²) in [6, 6.07) is -0.941. The van der Waals surface area contributed by atoms with Gasteiger partial charge >= 0.3 is 5.97 Å². The van der Waals surface area contributed by atoms with Gasteiger partial charge in [-0.3, -0.25) is 0 Å². The van der Waals surface area contributed by atoms with E-state index in [2.05, 4.69) is 14.8 Å². The van der Waals surface area contributed by atoms with Gasteiger partial charge in [-0.1, -0.05) is 5.11 Å². The maximum absolute atomic E-state index is 11.4. The van der Waals surface area contributed by atoms with Crippen LogP contribution in [0.4, 0.5) is 0 Å². The van der Waals surface area contributed by atoms with Crippen molar-refractivity contribution in [2.24, 2.45) is 10.8 Å². The van der Waals surface area contributed by atoms with E-state index in [4.69, 9.17) is 16.0 Å². The van der Waals surface area contributed by atoms with Crippen LogP contribution in [0.2, 0.25) is 0 Å². The minimum atomic E-state index is -0.492. The van der Waals surface area contributed by atoms with Crippen molar-refractivity contribution in [3.05, 3.63) is 22.1 Å². The highest BCUT2D eigenvalue weighted by Crippen LogP contribution is 2.23. The number of carbonyl (C=O) groups is 1. The second kappa shape index (κ2) is 5.50. The fraction of sp³-hybridized carbons (Fsp3) is 0.667. The Morgan fingerprint density at radius 3 is 2.88 bits per heavy atom. The molecular weight excluding hydrogens is 212 g/mol. The Balaban J connectivity index is 2.95. The van der Waals surface area contributed by atoms with Gasteiger partial charge in [0.15, 0.2) is 0 Å². The van der Waals surface area contributed by atoms with Crippen molar-refractivity contribution in [2.45, 2.75) is 24.6 Å². The number of esters is 1. The fourth-order valence-electron chi connectivity index (χ4n) is 1.65. The van der Waals surface area contributed by atoms with E-state index in [0.29, 0.717) is 5.57 Å². The summed E-state index contributed by atoms with van der Waals surface area (Å²) in [5, 5.41) is 3.56.